The minimum atomic E-state index is 0.652. The first-order chi connectivity index (χ1) is 73.7. The van der Waals surface area contributed by atoms with Crippen LogP contribution in [-0.4, -0.2) is 44.9 Å². The SMILES string of the molecule is c1ccc(-c2ccc(-c3nc(-c4ccc5cc(-c6ccc7ccccc7c6)ccc5c4)nc(-c4cccc5c4sc4ccccc45)n3)cc2)cc1.c1ccc(-c2ccc(-c3nc(-c4ccc5cc(-c6cccc7ccccc67)ccc5c4)nc(-c4cccc5c4sc4ccccc45)n3)cc2)cc1.c1ccc(-c2ccc(-c3nc(-c4ccc5cc(-c6ccccc6)ccc5c4)nc(-c4cccc5c4sc4ccccc45)n3)cc2)cc1. The number of benzene rings is 23. The van der Waals surface area contributed by atoms with Crippen molar-refractivity contribution in [2.24, 2.45) is 0 Å². The van der Waals surface area contributed by atoms with Crippen LogP contribution >= 0.6 is 34.0 Å². The van der Waals surface area contributed by atoms with Gasteiger partial charge in [0.05, 0.1) is 0 Å². The molecule has 696 valence electrons. The van der Waals surface area contributed by atoms with Gasteiger partial charge in [0.15, 0.2) is 52.4 Å². The fraction of sp³-hybridized carbons (Fsp3) is 0. The van der Waals surface area contributed by atoms with Gasteiger partial charge in [0.2, 0.25) is 0 Å². The van der Waals surface area contributed by atoms with E-state index in [0.29, 0.717) is 52.4 Å². The van der Waals surface area contributed by atoms with Crippen molar-refractivity contribution < 1.29 is 0 Å². The van der Waals surface area contributed by atoms with E-state index < -0.39 is 0 Å². The van der Waals surface area contributed by atoms with Gasteiger partial charge in [-0.3, -0.25) is 0 Å². The lowest BCUT2D eigenvalue weighted by atomic mass is 9.96. The molecule has 0 atom stereocenters. The molecule has 149 heavy (non-hydrogen) atoms. The number of fused-ring (bicyclic) bond motifs is 14. The van der Waals surface area contributed by atoms with Gasteiger partial charge in [0, 0.05) is 111 Å². The zero-order valence-corrected chi connectivity index (χ0v) is 82.8. The first-order valence-electron chi connectivity index (χ1n) is 49.9. The van der Waals surface area contributed by atoms with Gasteiger partial charge in [-0.25, -0.2) is 44.9 Å². The summed E-state index contributed by atoms with van der Waals surface area (Å²) in [7, 11) is 0. The smallest absolute Gasteiger partial charge is 0.165 e. The Morgan fingerprint density at radius 3 is 0.664 bits per heavy atom. The highest BCUT2D eigenvalue weighted by Gasteiger charge is 2.24. The van der Waals surface area contributed by atoms with Crippen molar-refractivity contribution in [3.05, 3.63) is 516 Å². The van der Waals surface area contributed by atoms with E-state index in [-0.39, 0.29) is 0 Å². The Balaban J connectivity index is 0.000000110. The number of hydrogen-bond acceptors (Lipinski definition) is 12. The maximum atomic E-state index is 5.18. The Morgan fingerprint density at radius 2 is 0.309 bits per heavy atom. The van der Waals surface area contributed by atoms with Gasteiger partial charge in [0.1, 0.15) is 0 Å². The highest BCUT2D eigenvalue weighted by Crippen LogP contribution is 2.46. The van der Waals surface area contributed by atoms with Gasteiger partial charge < -0.3 is 0 Å². The van der Waals surface area contributed by atoms with Gasteiger partial charge in [-0.2, -0.15) is 0 Å². The summed E-state index contributed by atoms with van der Waals surface area (Å²) in [6.07, 6.45) is 0. The molecule has 6 heterocycles. The summed E-state index contributed by atoms with van der Waals surface area (Å²) in [6, 6.07) is 182. The number of hydrogen-bond donors (Lipinski definition) is 0. The van der Waals surface area contributed by atoms with Crippen LogP contribution in [0.25, 0.3) is 284 Å². The van der Waals surface area contributed by atoms with Crippen LogP contribution in [0, 0.1) is 0 Å². The van der Waals surface area contributed by atoms with Gasteiger partial charge in [-0.1, -0.05) is 437 Å². The van der Waals surface area contributed by atoms with Crippen molar-refractivity contribution in [3.8, 4) is 169 Å². The largest absolute Gasteiger partial charge is 0.208 e. The molecule has 0 fully saturated rings. The van der Waals surface area contributed by atoms with E-state index in [1.165, 1.54) is 148 Å². The van der Waals surface area contributed by atoms with Crippen LogP contribution in [0.1, 0.15) is 0 Å². The molecule has 29 rings (SSSR count). The molecule has 0 saturated carbocycles. The van der Waals surface area contributed by atoms with Crippen LogP contribution in [0.5, 0.6) is 0 Å². The molecule has 0 amide bonds. The molecule has 0 unspecified atom stereocenters. The van der Waals surface area contributed by atoms with Crippen LogP contribution in [0.4, 0.5) is 0 Å². The molecular formula is C137H85N9S3. The normalized spacial score (nSPS) is 11.5. The predicted octanol–water partition coefficient (Wildman–Crippen LogP) is 37.5. The predicted molar refractivity (Wildman–Crippen MR) is 627 cm³/mol. The summed E-state index contributed by atoms with van der Waals surface area (Å²) in [5.74, 6) is 5.94. The van der Waals surface area contributed by atoms with Gasteiger partial charge in [-0.05, 0) is 199 Å². The fourth-order valence-electron chi connectivity index (χ4n) is 20.5. The quantitative estimate of drug-likeness (QED) is 0.0989. The van der Waals surface area contributed by atoms with E-state index in [1.54, 1.807) is 34.0 Å². The summed E-state index contributed by atoms with van der Waals surface area (Å²) in [5.41, 5.74) is 23.0. The molecule has 0 radical (unpaired) electrons. The minimum absolute atomic E-state index is 0.652. The second kappa shape index (κ2) is 38.6. The molecule has 12 heteroatoms. The summed E-state index contributed by atoms with van der Waals surface area (Å²) in [6.45, 7) is 0. The lowest BCUT2D eigenvalue weighted by Gasteiger charge is -2.11. The van der Waals surface area contributed by atoms with Crippen LogP contribution in [-0.2, 0) is 0 Å². The molecular weight excluding hydrogens is 1870 g/mol. The molecule has 0 aliphatic heterocycles. The number of thiophene rings is 3. The Kier molecular flexibility index (Phi) is 23.1. The van der Waals surface area contributed by atoms with E-state index >= 15 is 0 Å². The van der Waals surface area contributed by atoms with Crippen molar-refractivity contribution in [2.45, 2.75) is 0 Å². The highest BCUT2D eigenvalue weighted by atomic mass is 32.1. The Hall–Kier alpha value is -19.0. The number of aromatic nitrogens is 9. The summed E-state index contributed by atoms with van der Waals surface area (Å²) >= 11 is 5.36. The van der Waals surface area contributed by atoms with Crippen molar-refractivity contribution >= 4 is 148 Å². The van der Waals surface area contributed by atoms with E-state index in [1.807, 2.05) is 24.3 Å². The van der Waals surface area contributed by atoms with Crippen LogP contribution in [0.3, 0.4) is 0 Å². The summed E-state index contributed by atoms with van der Waals surface area (Å²) < 4.78 is 7.31. The monoisotopic (exact) mass is 1950 g/mol. The van der Waals surface area contributed by atoms with Gasteiger partial charge in [0.25, 0.3) is 0 Å². The molecule has 0 aliphatic rings. The maximum absolute atomic E-state index is 5.18. The van der Waals surface area contributed by atoms with Crippen molar-refractivity contribution in [3.63, 3.8) is 0 Å². The fourth-order valence-corrected chi connectivity index (χ4v) is 24.2. The number of rotatable bonds is 15. The lowest BCUT2D eigenvalue weighted by Crippen LogP contribution is -2.00. The molecule has 0 saturated heterocycles. The Morgan fingerprint density at radius 1 is 0.107 bits per heavy atom. The summed E-state index contributed by atoms with van der Waals surface area (Å²) in [4.78, 5) is 46.2. The first kappa shape index (κ1) is 88.9. The Labute approximate surface area is 871 Å². The molecule has 9 nitrogen and oxygen atoms in total. The van der Waals surface area contributed by atoms with E-state index in [9.17, 15) is 0 Å². The second-order valence-electron chi connectivity index (χ2n) is 37.4. The van der Waals surface area contributed by atoms with Crippen LogP contribution < -0.4 is 0 Å². The third-order valence-electron chi connectivity index (χ3n) is 28.2. The van der Waals surface area contributed by atoms with Crippen LogP contribution in [0.2, 0.25) is 0 Å². The Bertz CT molecular complexity index is 10200. The molecule has 0 aliphatic carbocycles. The second-order valence-corrected chi connectivity index (χ2v) is 40.5. The average molecular weight is 1950 g/mol. The third kappa shape index (κ3) is 17.5. The lowest BCUT2D eigenvalue weighted by molar-refractivity contribution is 1.08. The number of nitrogens with zero attached hydrogens (tertiary/aromatic N) is 9. The molecule has 23 aromatic carbocycles. The third-order valence-corrected chi connectivity index (χ3v) is 31.8. The topological polar surface area (TPSA) is 116 Å². The van der Waals surface area contributed by atoms with Crippen molar-refractivity contribution in [2.75, 3.05) is 0 Å². The van der Waals surface area contributed by atoms with Crippen molar-refractivity contribution in [1.29, 1.82) is 0 Å². The standard InChI is InChI=1S/2C47H29N3S.C43H27N3S/c1-2-10-30(11-3-1)31-20-22-33(23-21-31)45-48-46(50-47(49-45)42-18-9-17-41-40-15-6-7-19-43(40)51-44(41)42)37-27-25-34-28-36(26-24-35(34)29-37)39-16-8-13-32-12-4-5-14-38(32)39;1-2-9-30(10-3-1)32-17-20-33(21-18-32)45-48-46(50-47(49-45)42-15-8-14-41-40-13-6-7-16-43(40)51-44(41)42)39-26-25-37-28-36(23-24-38(37)29-39)35-22-19-31-11-4-5-12-34(31)27-35;1-3-10-28(11-4-1)30-18-20-31(21-19-30)41-44-42(35-25-24-33-26-32(22-23-34(33)27-35)29-12-5-2-6-13-29)46-43(45-41)38-16-9-15-37-36-14-7-8-17-39(36)47-40(37)38/h2*1-29H;1-27H. The molecule has 0 N–H and O–H groups in total. The zero-order chi connectivity index (χ0) is 98.6. The zero-order valence-electron chi connectivity index (χ0n) is 80.3. The maximum Gasteiger partial charge on any atom is 0.165 e. The summed E-state index contributed by atoms with van der Waals surface area (Å²) in [5, 5.41) is 19.4. The molecule has 0 bridgehead atoms. The van der Waals surface area contributed by atoms with Crippen molar-refractivity contribution in [1.82, 2.24) is 44.9 Å². The highest BCUT2D eigenvalue weighted by molar-refractivity contribution is 7.27. The van der Waals surface area contributed by atoms with E-state index in [2.05, 4.69) is 491 Å². The average Bonchev–Trinajstić information content (AvgIpc) is 1.67. The minimum Gasteiger partial charge on any atom is -0.208 e. The molecule has 29 aromatic rings. The van der Waals surface area contributed by atoms with Crippen LogP contribution in [0.15, 0.2) is 516 Å². The van der Waals surface area contributed by atoms with Gasteiger partial charge >= 0.3 is 0 Å². The molecule has 0 spiro atoms. The van der Waals surface area contributed by atoms with E-state index in [0.717, 1.165) is 82.9 Å². The van der Waals surface area contributed by atoms with E-state index in [4.69, 9.17) is 44.9 Å². The molecule has 6 aromatic heterocycles. The van der Waals surface area contributed by atoms with Gasteiger partial charge in [-0.15, -0.1) is 34.0 Å². The first-order valence-corrected chi connectivity index (χ1v) is 52.3.